The van der Waals surface area contributed by atoms with E-state index in [4.69, 9.17) is 14.2 Å². The van der Waals surface area contributed by atoms with Crippen LogP contribution in [0, 0.1) is 0 Å². The molecule has 1 spiro atoms. The van der Waals surface area contributed by atoms with Gasteiger partial charge >= 0.3 is 12.1 Å². The SMILES string of the molecule is COc1ccc([C@H]2C(OC(C)=O)=CC[C@]23N(c2ccccc2)C(=O)OC3(C)C)cc1. The molecule has 2 aromatic rings. The summed E-state index contributed by atoms with van der Waals surface area (Å²) in [5.41, 5.74) is 0.00504. The summed E-state index contributed by atoms with van der Waals surface area (Å²) < 4.78 is 16.8. The van der Waals surface area contributed by atoms with Crippen LogP contribution in [-0.2, 0) is 14.3 Å². The summed E-state index contributed by atoms with van der Waals surface area (Å²) in [4.78, 5) is 26.7. The number of hydrogen-bond acceptors (Lipinski definition) is 5. The van der Waals surface area contributed by atoms with E-state index in [1.165, 1.54) is 6.92 Å². The van der Waals surface area contributed by atoms with E-state index in [9.17, 15) is 9.59 Å². The van der Waals surface area contributed by atoms with Crippen LogP contribution >= 0.6 is 0 Å². The summed E-state index contributed by atoms with van der Waals surface area (Å²) in [6.07, 6.45) is 1.97. The number of methoxy groups -OCH3 is 1. The molecule has 6 heteroatoms. The Bertz CT molecular complexity index is 996. The number of anilines is 1. The molecule has 1 aliphatic carbocycles. The van der Waals surface area contributed by atoms with Crippen LogP contribution in [0.5, 0.6) is 5.75 Å². The van der Waals surface area contributed by atoms with Crippen molar-refractivity contribution in [3.05, 3.63) is 72.0 Å². The largest absolute Gasteiger partial charge is 0.497 e. The Kier molecular flexibility index (Phi) is 4.80. The molecule has 4 rings (SSSR count). The first-order valence-corrected chi connectivity index (χ1v) is 9.91. The van der Waals surface area contributed by atoms with Crippen molar-refractivity contribution in [2.24, 2.45) is 0 Å². The third-order valence-electron chi connectivity index (χ3n) is 6.07. The summed E-state index contributed by atoms with van der Waals surface area (Å²) in [5, 5.41) is 0. The number of para-hydroxylation sites is 1. The van der Waals surface area contributed by atoms with Crippen molar-refractivity contribution in [1.29, 1.82) is 0 Å². The molecular formula is C24H25NO5. The molecule has 2 aliphatic rings. The Balaban J connectivity index is 1.91. The van der Waals surface area contributed by atoms with Crippen LogP contribution in [0.2, 0.25) is 0 Å². The monoisotopic (exact) mass is 407 g/mol. The number of amides is 1. The average Bonchev–Trinajstić information content (AvgIpc) is 3.17. The van der Waals surface area contributed by atoms with Gasteiger partial charge in [-0.2, -0.15) is 0 Å². The van der Waals surface area contributed by atoms with E-state index in [1.54, 1.807) is 12.0 Å². The molecule has 1 fully saturated rings. The van der Waals surface area contributed by atoms with Crippen molar-refractivity contribution in [2.75, 3.05) is 12.0 Å². The van der Waals surface area contributed by atoms with E-state index in [2.05, 4.69) is 0 Å². The molecular weight excluding hydrogens is 382 g/mol. The third kappa shape index (κ3) is 2.95. The first-order valence-electron chi connectivity index (χ1n) is 9.91. The fraction of sp³-hybridized carbons (Fsp3) is 0.333. The zero-order valence-electron chi connectivity index (χ0n) is 17.5. The van der Waals surface area contributed by atoms with Crippen molar-refractivity contribution in [3.63, 3.8) is 0 Å². The molecule has 2 aromatic carbocycles. The minimum atomic E-state index is -0.844. The summed E-state index contributed by atoms with van der Waals surface area (Å²) in [7, 11) is 1.61. The summed E-state index contributed by atoms with van der Waals surface area (Å²) in [6, 6.07) is 17.1. The molecule has 1 saturated heterocycles. The average molecular weight is 407 g/mol. The zero-order valence-corrected chi connectivity index (χ0v) is 17.5. The van der Waals surface area contributed by atoms with Crippen LogP contribution in [0.3, 0.4) is 0 Å². The van der Waals surface area contributed by atoms with Gasteiger partial charge in [-0.15, -0.1) is 0 Å². The molecule has 0 radical (unpaired) electrons. The fourth-order valence-corrected chi connectivity index (χ4v) is 4.74. The zero-order chi connectivity index (χ0) is 21.5. The van der Waals surface area contributed by atoms with Gasteiger partial charge in [-0.05, 0) is 56.2 Å². The van der Waals surface area contributed by atoms with Crippen molar-refractivity contribution in [2.45, 2.75) is 44.2 Å². The molecule has 0 saturated carbocycles. The molecule has 156 valence electrons. The van der Waals surface area contributed by atoms with Gasteiger partial charge in [0.15, 0.2) is 0 Å². The summed E-state index contributed by atoms with van der Waals surface area (Å²) in [6.45, 7) is 5.21. The lowest BCUT2D eigenvalue weighted by molar-refractivity contribution is -0.137. The Labute approximate surface area is 176 Å². The Morgan fingerprint density at radius 2 is 1.77 bits per heavy atom. The molecule has 1 aliphatic heterocycles. The predicted octanol–water partition coefficient (Wildman–Crippen LogP) is 4.80. The van der Waals surface area contributed by atoms with E-state index in [0.717, 1.165) is 17.0 Å². The van der Waals surface area contributed by atoms with Gasteiger partial charge in [0.25, 0.3) is 0 Å². The molecule has 2 atom stereocenters. The van der Waals surface area contributed by atoms with Gasteiger partial charge < -0.3 is 14.2 Å². The lowest BCUT2D eigenvalue weighted by atomic mass is 9.70. The molecule has 0 aromatic heterocycles. The van der Waals surface area contributed by atoms with Crippen LogP contribution in [0.1, 0.15) is 38.7 Å². The normalized spacial score (nSPS) is 24.5. The second kappa shape index (κ2) is 7.20. The number of ether oxygens (including phenoxy) is 3. The van der Waals surface area contributed by atoms with E-state index in [1.807, 2.05) is 74.5 Å². The first-order chi connectivity index (χ1) is 14.3. The first kappa shape index (κ1) is 20.0. The van der Waals surface area contributed by atoms with E-state index in [0.29, 0.717) is 12.2 Å². The maximum absolute atomic E-state index is 13.1. The number of cyclic esters (lactones) is 1. The Morgan fingerprint density at radius 1 is 1.10 bits per heavy atom. The number of rotatable bonds is 4. The highest BCUT2D eigenvalue weighted by atomic mass is 16.6. The van der Waals surface area contributed by atoms with E-state index in [-0.39, 0.29) is 0 Å². The van der Waals surface area contributed by atoms with Crippen LogP contribution in [0.25, 0.3) is 0 Å². The molecule has 0 N–H and O–H groups in total. The highest BCUT2D eigenvalue weighted by Gasteiger charge is 2.67. The van der Waals surface area contributed by atoms with Crippen LogP contribution < -0.4 is 9.64 Å². The van der Waals surface area contributed by atoms with Crippen molar-refractivity contribution >= 4 is 17.7 Å². The van der Waals surface area contributed by atoms with Gasteiger partial charge in [-0.3, -0.25) is 9.69 Å². The molecule has 0 bridgehead atoms. The van der Waals surface area contributed by atoms with E-state index < -0.39 is 29.1 Å². The number of esters is 1. The van der Waals surface area contributed by atoms with Gasteiger partial charge in [0, 0.05) is 12.6 Å². The maximum atomic E-state index is 13.1. The number of hydrogen-bond donors (Lipinski definition) is 0. The predicted molar refractivity (Wildman–Crippen MR) is 112 cm³/mol. The highest BCUT2D eigenvalue weighted by Crippen LogP contribution is 2.58. The quantitative estimate of drug-likeness (QED) is 0.681. The Morgan fingerprint density at radius 3 is 2.37 bits per heavy atom. The lowest BCUT2D eigenvalue weighted by Crippen LogP contribution is -2.58. The molecule has 30 heavy (non-hydrogen) atoms. The van der Waals surface area contributed by atoms with Gasteiger partial charge in [0.05, 0.1) is 13.0 Å². The topological polar surface area (TPSA) is 65.1 Å². The van der Waals surface area contributed by atoms with Crippen molar-refractivity contribution in [1.82, 2.24) is 0 Å². The minimum Gasteiger partial charge on any atom is -0.497 e. The number of carbonyl (C=O) groups excluding carboxylic acids is 2. The second-order valence-corrected chi connectivity index (χ2v) is 8.08. The summed E-state index contributed by atoms with van der Waals surface area (Å²) in [5.74, 6) is 0.460. The molecule has 6 nitrogen and oxygen atoms in total. The Hall–Kier alpha value is -3.28. The van der Waals surface area contributed by atoms with Gasteiger partial charge in [-0.25, -0.2) is 4.79 Å². The molecule has 1 heterocycles. The number of carbonyl (C=O) groups is 2. The van der Waals surface area contributed by atoms with Crippen molar-refractivity contribution in [3.8, 4) is 5.75 Å². The fourth-order valence-electron chi connectivity index (χ4n) is 4.74. The maximum Gasteiger partial charge on any atom is 0.415 e. The highest BCUT2D eigenvalue weighted by molar-refractivity contribution is 5.94. The van der Waals surface area contributed by atoms with Gasteiger partial charge in [0.2, 0.25) is 0 Å². The van der Waals surface area contributed by atoms with Gasteiger partial charge in [-0.1, -0.05) is 30.3 Å². The van der Waals surface area contributed by atoms with E-state index >= 15 is 0 Å². The minimum absolute atomic E-state index is 0.394. The van der Waals surface area contributed by atoms with Crippen LogP contribution in [0.4, 0.5) is 10.5 Å². The molecule has 1 amide bonds. The number of benzene rings is 2. The second-order valence-electron chi connectivity index (χ2n) is 8.08. The standard InChI is InChI=1S/C24H25NO5/c1-16(26)29-20-14-15-24(21(20)17-10-12-19(28-4)13-11-17)23(2,3)30-22(27)25(24)18-8-6-5-7-9-18/h5-14,21H,15H2,1-4H3/t21-,24-/m0/s1. The van der Waals surface area contributed by atoms with Crippen LogP contribution in [-0.4, -0.2) is 30.3 Å². The van der Waals surface area contributed by atoms with Crippen LogP contribution in [0.15, 0.2) is 66.4 Å². The van der Waals surface area contributed by atoms with Crippen molar-refractivity contribution < 1.29 is 23.8 Å². The smallest absolute Gasteiger partial charge is 0.415 e. The number of nitrogens with zero attached hydrogens (tertiary/aromatic N) is 1. The lowest BCUT2D eigenvalue weighted by Gasteiger charge is -2.45. The van der Waals surface area contributed by atoms with Gasteiger partial charge in [0.1, 0.15) is 22.6 Å². The third-order valence-corrected chi connectivity index (χ3v) is 6.07. The molecule has 0 unspecified atom stereocenters. The summed E-state index contributed by atoms with van der Waals surface area (Å²) >= 11 is 0.